The van der Waals surface area contributed by atoms with Gasteiger partial charge in [-0.3, -0.25) is 9.69 Å². The fraction of sp³-hybridized carbons (Fsp3) is 0.933. The zero-order valence-corrected chi connectivity index (χ0v) is 12.9. The number of ether oxygens (including phenoxy) is 1. The van der Waals surface area contributed by atoms with Crippen LogP contribution in [0.2, 0.25) is 0 Å². The quantitative estimate of drug-likeness (QED) is 0.779. The van der Waals surface area contributed by atoms with E-state index in [0.717, 1.165) is 45.9 Å². The van der Waals surface area contributed by atoms with Crippen LogP contribution in [0.25, 0.3) is 0 Å². The molecular formula is C15H29N3O2. The van der Waals surface area contributed by atoms with E-state index in [1.165, 1.54) is 12.8 Å². The second kappa shape index (κ2) is 7.96. The van der Waals surface area contributed by atoms with Gasteiger partial charge in [-0.15, -0.1) is 0 Å². The minimum absolute atomic E-state index is 0.287. The van der Waals surface area contributed by atoms with Gasteiger partial charge in [-0.1, -0.05) is 13.8 Å². The third-order valence-electron chi connectivity index (χ3n) is 4.10. The van der Waals surface area contributed by atoms with Crippen molar-refractivity contribution >= 4 is 5.91 Å². The number of rotatable bonds is 6. The summed E-state index contributed by atoms with van der Waals surface area (Å²) in [5.74, 6) is 0.287. The van der Waals surface area contributed by atoms with Gasteiger partial charge < -0.3 is 15.0 Å². The van der Waals surface area contributed by atoms with Gasteiger partial charge in [0.25, 0.3) is 0 Å². The first-order valence-corrected chi connectivity index (χ1v) is 8.00. The van der Waals surface area contributed by atoms with Crippen molar-refractivity contribution in [2.45, 2.75) is 45.3 Å². The van der Waals surface area contributed by atoms with Gasteiger partial charge in [0, 0.05) is 58.3 Å². The van der Waals surface area contributed by atoms with Crippen molar-refractivity contribution in [3.05, 3.63) is 0 Å². The minimum Gasteiger partial charge on any atom is -0.377 e. The molecule has 1 unspecified atom stereocenters. The zero-order chi connectivity index (χ0) is 14.4. The molecule has 2 saturated heterocycles. The van der Waals surface area contributed by atoms with Crippen molar-refractivity contribution < 1.29 is 9.53 Å². The van der Waals surface area contributed by atoms with E-state index in [9.17, 15) is 4.79 Å². The van der Waals surface area contributed by atoms with Gasteiger partial charge in [0.05, 0.1) is 6.10 Å². The van der Waals surface area contributed by atoms with E-state index >= 15 is 0 Å². The van der Waals surface area contributed by atoms with Gasteiger partial charge in [0.2, 0.25) is 5.91 Å². The van der Waals surface area contributed by atoms with Crippen molar-refractivity contribution in [1.29, 1.82) is 0 Å². The van der Waals surface area contributed by atoms with Crippen LogP contribution in [-0.2, 0) is 9.53 Å². The summed E-state index contributed by atoms with van der Waals surface area (Å²) in [6.07, 6.45) is 3.43. The van der Waals surface area contributed by atoms with E-state index in [0.29, 0.717) is 18.6 Å². The number of carbonyl (C=O) groups excluding carboxylic acids is 1. The van der Waals surface area contributed by atoms with Crippen LogP contribution in [0.3, 0.4) is 0 Å². The molecule has 0 spiro atoms. The van der Waals surface area contributed by atoms with E-state index in [1.54, 1.807) is 0 Å². The van der Waals surface area contributed by atoms with Gasteiger partial charge in [0.1, 0.15) is 0 Å². The molecule has 5 nitrogen and oxygen atoms in total. The van der Waals surface area contributed by atoms with E-state index in [-0.39, 0.29) is 5.91 Å². The number of amides is 1. The molecule has 2 aliphatic heterocycles. The Balaban J connectivity index is 1.61. The Hall–Kier alpha value is -0.650. The second-order valence-electron chi connectivity index (χ2n) is 6.18. The summed E-state index contributed by atoms with van der Waals surface area (Å²) in [4.78, 5) is 16.5. The van der Waals surface area contributed by atoms with Crippen LogP contribution < -0.4 is 5.32 Å². The molecule has 0 aliphatic carbocycles. The second-order valence-corrected chi connectivity index (χ2v) is 6.18. The van der Waals surface area contributed by atoms with Crippen molar-refractivity contribution in [3.63, 3.8) is 0 Å². The molecule has 0 radical (unpaired) electrons. The maximum atomic E-state index is 12.1. The molecule has 2 heterocycles. The average molecular weight is 283 g/mol. The number of hydrogen-bond donors (Lipinski definition) is 1. The highest BCUT2D eigenvalue weighted by molar-refractivity contribution is 5.76. The fourth-order valence-corrected chi connectivity index (χ4v) is 2.88. The van der Waals surface area contributed by atoms with Crippen LogP contribution in [0.1, 0.15) is 33.1 Å². The number of carbonyl (C=O) groups is 1. The summed E-state index contributed by atoms with van der Waals surface area (Å²) in [6, 6.07) is 0.450. The highest BCUT2D eigenvalue weighted by Crippen LogP contribution is 2.14. The number of nitrogens with one attached hydrogen (secondary N) is 1. The van der Waals surface area contributed by atoms with Crippen LogP contribution in [0, 0.1) is 0 Å². The summed E-state index contributed by atoms with van der Waals surface area (Å²) < 4.78 is 5.67. The first kappa shape index (κ1) is 15.7. The van der Waals surface area contributed by atoms with Crippen molar-refractivity contribution in [2.75, 3.05) is 45.9 Å². The van der Waals surface area contributed by atoms with E-state index in [1.807, 2.05) is 4.90 Å². The topological polar surface area (TPSA) is 44.8 Å². The van der Waals surface area contributed by atoms with Gasteiger partial charge in [-0.05, 0) is 12.8 Å². The van der Waals surface area contributed by atoms with Gasteiger partial charge in [0.15, 0.2) is 0 Å². The van der Waals surface area contributed by atoms with E-state index < -0.39 is 0 Å². The molecule has 116 valence electrons. The highest BCUT2D eigenvalue weighted by atomic mass is 16.5. The predicted octanol–water partition coefficient (Wildman–Crippen LogP) is 0.698. The summed E-state index contributed by atoms with van der Waals surface area (Å²) in [5.41, 5.74) is 0. The van der Waals surface area contributed by atoms with Crippen molar-refractivity contribution in [2.24, 2.45) is 0 Å². The Morgan fingerprint density at radius 1 is 1.30 bits per heavy atom. The molecule has 1 atom stereocenters. The predicted molar refractivity (Wildman–Crippen MR) is 79.7 cm³/mol. The molecule has 0 saturated carbocycles. The Kier molecular flexibility index (Phi) is 6.26. The summed E-state index contributed by atoms with van der Waals surface area (Å²) >= 11 is 0. The third-order valence-corrected chi connectivity index (χ3v) is 4.10. The summed E-state index contributed by atoms with van der Waals surface area (Å²) in [5, 5.41) is 3.30. The number of hydrogen-bond acceptors (Lipinski definition) is 4. The molecule has 2 rings (SSSR count). The smallest absolute Gasteiger partial charge is 0.223 e. The van der Waals surface area contributed by atoms with E-state index in [2.05, 4.69) is 24.1 Å². The third kappa shape index (κ3) is 5.04. The summed E-state index contributed by atoms with van der Waals surface area (Å²) in [6.45, 7) is 10.7. The molecular weight excluding hydrogens is 254 g/mol. The molecule has 1 amide bonds. The minimum atomic E-state index is 0.287. The molecule has 0 bridgehead atoms. The van der Waals surface area contributed by atoms with Gasteiger partial charge in [-0.25, -0.2) is 0 Å². The monoisotopic (exact) mass is 283 g/mol. The SMILES string of the molecule is CC(C)NCCC(=O)N1CCN(CC2CCCO2)CC1. The molecule has 20 heavy (non-hydrogen) atoms. The standard InChI is InChI=1S/C15H29N3O2/c1-13(2)16-6-5-15(19)18-9-7-17(8-10-18)12-14-4-3-11-20-14/h13-14,16H,3-12H2,1-2H3. The lowest BCUT2D eigenvalue weighted by Crippen LogP contribution is -2.50. The Morgan fingerprint density at radius 3 is 2.65 bits per heavy atom. The largest absolute Gasteiger partial charge is 0.377 e. The van der Waals surface area contributed by atoms with Gasteiger partial charge in [-0.2, -0.15) is 0 Å². The Bertz CT molecular complexity index is 295. The first-order valence-electron chi connectivity index (χ1n) is 8.00. The zero-order valence-electron chi connectivity index (χ0n) is 12.9. The lowest BCUT2D eigenvalue weighted by molar-refractivity contribution is -0.133. The van der Waals surface area contributed by atoms with E-state index in [4.69, 9.17) is 4.74 Å². The molecule has 1 N–H and O–H groups in total. The highest BCUT2D eigenvalue weighted by Gasteiger charge is 2.24. The molecule has 2 fully saturated rings. The van der Waals surface area contributed by atoms with Crippen LogP contribution in [0.4, 0.5) is 0 Å². The van der Waals surface area contributed by atoms with Gasteiger partial charge >= 0.3 is 0 Å². The number of nitrogens with zero attached hydrogens (tertiary/aromatic N) is 2. The normalized spacial score (nSPS) is 24.6. The Labute approximate surface area is 122 Å². The first-order chi connectivity index (χ1) is 9.65. The average Bonchev–Trinajstić information content (AvgIpc) is 2.92. The molecule has 0 aromatic heterocycles. The lowest BCUT2D eigenvalue weighted by Gasteiger charge is -2.35. The maximum absolute atomic E-state index is 12.1. The van der Waals surface area contributed by atoms with Crippen LogP contribution >= 0.6 is 0 Å². The Morgan fingerprint density at radius 2 is 2.05 bits per heavy atom. The van der Waals surface area contributed by atoms with Crippen LogP contribution in [0.5, 0.6) is 0 Å². The van der Waals surface area contributed by atoms with Crippen LogP contribution in [-0.4, -0.2) is 73.7 Å². The molecule has 0 aromatic carbocycles. The molecule has 0 aromatic rings. The fourth-order valence-electron chi connectivity index (χ4n) is 2.88. The van der Waals surface area contributed by atoms with Crippen molar-refractivity contribution in [1.82, 2.24) is 15.1 Å². The molecule has 5 heteroatoms. The molecule has 2 aliphatic rings. The maximum Gasteiger partial charge on any atom is 0.223 e. The van der Waals surface area contributed by atoms with Crippen molar-refractivity contribution in [3.8, 4) is 0 Å². The number of piperazine rings is 1. The summed E-state index contributed by atoms with van der Waals surface area (Å²) in [7, 11) is 0. The lowest BCUT2D eigenvalue weighted by atomic mass is 10.2. The van der Waals surface area contributed by atoms with Crippen LogP contribution in [0.15, 0.2) is 0 Å².